The summed E-state index contributed by atoms with van der Waals surface area (Å²) in [5.41, 5.74) is 4.24. The van der Waals surface area contributed by atoms with Crippen molar-refractivity contribution in [3.05, 3.63) is 89.5 Å². The van der Waals surface area contributed by atoms with Crippen LogP contribution in [0.1, 0.15) is 21.9 Å². The zero-order chi connectivity index (χ0) is 24.1. The number of likely N-dealkylation sites (N-methyl/N-ethyl adjacent to an activating group) is 1. The normalized spacial score (nSPS) is 18.0. The largest absolute Gasteiger partial charge is 0.497 e. The van der Waals surface area contributed by atoms with Crippen LogP contribution in [0.25, 0.3) is 0 Å². The van der Waals surface area contributed by atoms with Crippen molar-refractivity contribution in [2.45, 2.75) is 29.8 Å². The lowest BCUT2D eigenvalue weighted by atomic mass is 10.1. The Morgan fingerprint density at radius 1 is 0.971 bits per heavy atom. The fraction of sp³-hybridized carbons (Fsp3) is 0.321. The molecule has 1 heterocycles. The van der Waals surface area contributed by atoms with E-state index in [0.717, 1.165) is 34.0 Å². The second kappa shape index (κ2) is 11.1. The van der Waals surface area contributed by atoms with Crippen LogP contribution in [0, 0.1) is 6.92 Å². The first-order valence-corrected chi connectivity index (χ1v) is 12.4. The van der Waals surface area contributed by atoms with E-state index in [1.54, 1.807) is 18.9 Å². The van der Waals surface area contributed by atoms with Crippen LogP contribution in [0.4, 0.5) is 5.69 Å². The van der Waals surface area contributed by atoms with E-state index in [0.29, 0.717) is 13.2 Å². The summed E-state index contributed by atoms with van der Waals surface area (Å²) in [7, 11) is 5.70. The van der Waals surface area contributed by atoms with Gasteiger partial charge < -0.3 is 19.3 Å². The Morgan fingerprint density at radius 2 is 1.68 bits per heavy atom. The highest BCUT2D eigenvalue weighted by molar-refractivity contribution is 7.99. The highest BCUT2D eigenvalue weighted by atomic mass is 32.2. The van der Waals surface area contributed by atoms with Gasteiger partial charge in [0.05, 0.1) is 24.7 Å². The summed E-state index contributed by atoms with van der Waals surface area (Å²) >= 11 is 1.69. The van der Waals surface area contributed by atoms with Gasteiger partial charge in [-0.1, -0.05) is 54.1 Å². The molecule has 0 aromatic heterocycles. The quantitative estimate of drug-likeness (QED) is 0.440. The van der Waals surface area contributed by atoms with E-state index >= 15 is 0 Å². The van der Waals surface area contributed by atoms with Crippen LogP contribution in [0.3, 0.4) is 0 Å². The molecule has 0 N–H and O–H groups in total. The number of aryl methyl sites for hydroxylation is 1. The molecule has 0 spiro atoms. The minimum atomic E-state index is -0.630. The summed E-state index contributed by atoms with van der Waals surface area (Å²) in [6.45, 7) is 3.81. The highest BCUT2D eigenvalue weighted by Gasteiger charge is 2.39. The summed E-state index contributed by atoms with van der Waals surface area (Å²) in [4.78, 5) is 19.1. The van der Waals surface area contributed by atoms with E-state index in [9.17, 15) is 4.79 Å². The number of nitrogens with zero attached hydrogens (tertiary/aromatic N) is 2. The van der Waals surface area contributed by atoms with Gasteiger partial charge in [-0.25, -0.2) is 0 Å². The molecule has 1 amide bonds. The maximum absolute atomic E-state index is 14.0. The maximum Gasteiger partial charge on any atom is 0.257 e. The number of carbonyl (C=O) groups excluding carboxylic acids is 1. The first-order chi connectivity index (χ1) is 16.5. The second-order valence-corrected chi connectivity index (χ2v) is 9.97. The van der Waals surface area contributed by atoms with Gasteiger partial charge in [0, 0.05) is 18.0 Å². The number of hydrogen-bond acceptors (Lipinski definition) is 5. The van der Waals surface area contributed by atoms with Crippen LogP contribution in [0.2, 0.25) is 0 Å². The average Bonchev–Trinajstić information content (AvgIpc) is 2.96. The molecule has 34 heavy (non-hydrogen) atoms. The number of thioether (sulfide) groups is 1. The summed E-state index contributed by atoms with van der Waals surface area (Å²) in [6, 6.07) is 24.4. The Hall–Kier alpha value is -2.80. The van der Waals surface area contributed by atoms with E-state index in [4.69, 9.17) is 9.47 Å². The highest BCUT2D eigenvalue weighted by Crippen LogP contribution is 2.47. The van der Waals surface area contributed by atoms with E-state index < -0.39 is 6.10 Å². The number of ether oxygens (including phenoxy) is 2. The van der Waals surface area contributed by atoms with Crippen LogP contribution < -0.4 is 9.64 Å². The predicted molar refractivity (Wildman–Crippen MR) is 139 cm³/mol. The Balaban J connectivity index is 1.71. The van der Waals surface area contributed by atoms with Crippen molar-refractivity contribution < 1.29 is 14.3 Å². The van der Waals surface area contributed by atoms with E-state index in [1.165, 1.54) is 5.56 Å². The minimum Gasteiger partial charge on any atom is -0.497 e. The van der Waals surface area contributed by atoms with Crippen LogP contribution in [0.15, 0.2) is 77.7 Å². The van der Waals surface area contributed by atoms with E-state index in [2.05, 4.69) is 42.2 Å². The first-order valence-electron chi connectivity index (χ1n) is 11.5. The predicted octanol–water partition coefficient (Wildman–Crippen LogP) is 5.33. The fourth-order valence-corrected chi connectivity index (χ4v) is 5.32. The molecule has 0 aliphatic carbocycles. The van der Waals surface area contributed by atoms with E-state index in [-0.39, 0.29) is 11.2 Å². The Bertz CT molecular complexity index is 1100. The molecule has 0 saturated carbocycles. The lowest BCUT2D eigenvalue weighted by Crippen LogP contribution is -2.44. The van der Waals surface area contributed by atoms with Crippen molar-refractivity contribution in [1.29, 1.82) is 0 Å². The number of benzene rings is 3. The Kier molecular flexibility index (Phi) is 7.93. The van der Waals surface area contributed by atoms with Crippen LogP contribution >= 0.6 is 11.8 Å². The molecule has 4 rings (SSSR count). The molecule has 2 atom stereocenters. The molecule has 0 bridgehead atoms. The van der Waals surface area contributed by atoms with Gasteiger partial charge in [0.1, 0.15) is 5.75 Å². The third-order valence-corrected chi connectivity index (χ3v) is 7.33. The number of hydrogen-bond donors (Lipinski definition) is 0. The summed E-state index contributed by atoms with van der Waals surface area (Å²) in [5.74, 6) is 0.783. The Labute approximate surface area is 206 Å². The molecule has 3 aromatic carbocycles. The molecular weight excluding hydrogens is 444 g/mol. The molecule has 2 unspecified atom stereocenters. The SMILES string of the molecule is COc1ccc(C2Sc3ccccc3N(CCN(C)C)C(=O)C2OCc2ccc(C)cc2)cc1. The molecule has 0 radical (unpaired) electrons. The lowest BCUT2D eigenvalue weighted by molar-refractivity contribution is -0.131. The van der Waals surface area contributed by atoms with Gasteiger partial charge >= 0.3 is 0 Å². The molecular formula is C28H32N2O3S. The minimum absolute atomic E-state index is 0.00719. The van der Waals surface area contributed by atoms with Gasteiger partial charge in [0.15, 0.2) is 6.10 Å². The summed E-state index contributed by atoms with van der Waals surface area (Å²) in [6.07, 6.45) is -0.630. The van der Waals surface area contributed by atoms with Crippen molar-refractivity contribution in [2.24, 2.45) is 0 Å². The van der Waals surface area contributed by atoms with Gasteiger partial charge in [0.2, 0.25) is 0 Å². The number of rotatable bonds is 8. The number of anilines is 1. The second-order valence-electron chi connectivity index (χ2n) is 8.79. The Morgan fingerprint density at radius 3 is 2.35 bits per heavy atom. The molecule has 3 aromatic rings. The monoisotopic (exact) mass is 476 g/mol. The maximum atomic E-state index is 14.0. The average molecular weight is 477 g/mol. The zero-order valence-electron chi connectivity index (χ0n) is 20.2. The van der Waals surface area contributed by atoms with E-state index in [1.807, 2.05) is 61.5 Å². The molecule has 1 aliphatic heterocycles. The third-order valence-electron chi connectivity index (χ3n) is 5.96. The molecule has 6 heteroatoms. The number of methoxy groups -OCH3 is 1. The van der Waals surface area contributed by atoms with Gasteiger partial charge in [-0.2, -0.15) is 0 Å². The van der Waals surface area contributed by atoms with Crippen LogP contribution in [0.5, 0.6) is 5.75 Å². The number of amides is 1. The summed E-state index contributed by atoms with van der Waals surface area (Å²) < 4.78 is 11.8. The first kappa shape index (κ1) is 24.3. The van der Waals surface area contributed by atoms with Crippen molar-refractivity contribution in [1.82, 2.24) is 4.90 Å². The number of para-hydroxylation sites is 1. The lowest BCUT2D eigenvalue weighted by Gasteiger charge is -2.29. The fourth-order valence-electron chi connectivity index (χ4n) is 3.98. The van der Waals surface area contributed by atoms with Crippen molar-refractivity contribution in [3.63, 3.8) is 0 Å². The smallest absolute Gasteiger partial charge is 0.257 e. The third kappa shape index (κ3) is 5.63. The van der Waals surface area contributed by atoms with Crippen molar-refractivity contribution in [2.75, 3.05) is 39.2 Å². The standard InChI is InChI=1S/C28H32N2O3S/c1-20-9-11-21(12-10-20)19-33-26-27(22-13-15-23(32-4)16-14-22)34-25-8-6-5-7-24(25)30(28(26)31)18-17-29(2)3/h5-16,26-27H,17-19H2,1-4H3. The van der Waals surface area contributed by atoms with Crippen molar-refractivity contribution >= 4 is 23.4 Å². The summed E-state index contributed by atoms with van der Waals surface area (Å²) in [5, 5.41) is -0.186. The van der Waals surface area contributed by atoms with Gasteiger partial charge in [0.25, 0.3) is 5.91 Å². The van der Waals surface area contributed by atoms with Gasteiger partial charge in [-0.3, -0.25) is 4.79 Å². The van der Waals surface area contributed by atoms with Crippen molar-refractivity contribution in [3.8, 4) is 5.75 Å². The molecule has 1 aliphatic rings. The molecule has 178 valence electrons. The molecule has 0 saturated heterocycles. The zero-order valence-corrected chi connectivity index (χ0v) is 21.0. The van der Waals surface area contributed by atoms with Crippen LogP contribution in [-0.2, 0) is 16.1 Å². The topological polar surface area (TPSA) is 42.0 Å². The number of fused-ring (bicyclic) bond motifs is 1. The number of carbonyl (C=O) groups is 1. The van der Waals surface area contributed by atoms with Gasteiger partial charge in [-0.05, 0) is 56.4 Å². The molecule has 0 fully saturated rings. The van der Waals surface area contributed by atoms with Crippen LogP contribution in [-0.4, -0.2) is 51.2 Å². The molecule has 5 nitrogen and oxygen atoms in total. The van der Waals surface area contributed by atoms with Gasteiger partial charge in [-0.15, -0.1) is 11.8 Å².